The third-order valence-electron chi connectivity index (χ3n) is 5.15. The largest absolute Gasteiger partial charge is 0.354 e. The summed E-state index contributed by atoms with van der Waals surface area (Å²) >= 11 is 0. The molecule has 0 bridgehead atoms. The molecule has 1 aromatic rings. The Labute approximate surface area is 162 Å². The minimum Gasteiger partial charge on any atom is -0.354 e. The monoisotopic (exact) mass is 401 g/mol. The zero-order valence-electron chi connectivity index (χ0n) is 14.9. The van der Waals surface area contributed by atoms with Crippen LogP contribution in [0.15, 0.2) is 35.2 Å². The number of rotatable bonds is 5. The molecular formula is C18H28ClN3O3S. The summed E-state index contributed by atoms with van der Waals surface area (Å²) in [5.74, 6) is 0.425. The van der Waals surface area contributed by atoms with E-state index in [2.05, 4.69) is 10.6 Å². The van der Waals surface area contributed by atoms with E-state index in [0.29, 0.717) is 30.4 Å². The Bertz CT molecular complexity index is 670. The first-order valence-electron chi connectivity index (χ1n) is 9.13. The molecule has 0 aliphatic carbocycles. The van der Waals surface area contributed by atoms with Crippen molar-refractivity contribution in [3.8, 4) is 0 Å². The van der Waals surface area contributed by atoms with E-state index < -0.39 is 10.0 Å². The van der Waals surface area contributed by atoms with Crippen LogP contribution in [-0.4, -0.2) is 50.9 Å². The van der Waals surface area contributed by atoms with E-state index in [1.807, 2.05) is 6.07 Å². The molecule has 3 rings (SSSR count). The molecule has 26 heavy (non-hydrogen) atoms. The zero-order chi connectivity index (χ0) is 17.7. The van der Waals surface area contributed by atoms with Crippen molar-refractivity contribution in [2.24, 2.45) is 5.92 Å². The molecule has 2 saturated heterocycles. The number of nitrogens with zero attached hydrogens (tertiary/aromatic N) is 1. The summed E-state index contributed by atoms with van der Waals surface area (Å²) in [6.07, 6.45) is 4.70. The van der Waals surface area contributed by atoms with Gasteiger partial charge in [-0.05, 0) is 50.3 Å². The fourth-order valence-corrected chi connectivity index (χ4v) is 5.03. The van der Waals surface area contributed by atoms with Gasteiger partial charge in [0.15, 0.2) is 0 Å². The van der Waals surface area contributed by atoms with E-state index >= 15 is 0 Å². The third kappa shape index (κ3) is 5.19. The predicted octanol–water partition coefficient (Wildman–Crippen LogP) is 1.77. The maximum Gasteiger partial charge on any atom is 0.243 e. The van der Waals surface area contributed by atoms with Crippen LogP contribution in [0.25, 0.3) is 0 Å². The van der Waals surface area contributed by atoms with Crippen LogP contribution in [0.2, 0.25) is 0 Å². The number of hydrogen-bond acceptors (Lipinski definition) is 4. The molecule has 2 heterocycles. The summed E-state index contributed by atoms with van der Waals surface area (Å²) in [5, 5.41) is 6.29. The summed E-state index contributed by atoms with van der Waals surface area (Å²) in [5.41, 5.74) is 0. The minimum atomic E-state index is -3.40. The number of nitrogens with one attached hydrogen (secondary N) is 2. The maximum atomic E-state index is 12.6. The number of piperidine rings is 2. The van der Waals surface area contributed by atoms with Crippen LogP contribution in [0.1, 0.15) is 32.1 Å². The van der Waals surface area contributed by atoms with Crippen LogP contribution in [0.3, 0.4) is 0 Å². The van der Waals surface area contributed by atoms with Crippen molar-refractivity contribution < 1.29 is 13.2 Å². The van der Waals surface area contributed by atoms with Gasteiger partial charge in [-0.15, -0.1) is 12.4 Å². The van der Waals surface area contributed by atoms with Gasteiger partial charge >= 0.3 is 0 Å². The van der Waals surface area contributed by atoms with Gasteiger partial charge in [0.25, 0.3) is 0 Å². The van der Waals surface area contributed by atoms with Crippen molar-refractivity contribution in [3.63, 3.8) is 0 Å². The standard InChI is InChI=1S/C18H27N3O3S.ClH/c22-18(17-8-4-5-11-19-17)20-14-15-9-12-21(13-10-15)25(23,24)16-6-2-1-3-7-16;/h1-3,6-7,15,17,19H,4-5,8-14H2,(H,20,22);1H. The van der Waals surface area contributed by atoms with Crippen molar-refractivity contribution in [1.82, 2.24) is 14.9 Å². The lowest BCUT2D eigenvalue weighted by Crippen LogP contribution is -2.48. The summed E-state index contributed by atoms with van der Waals surface area (Å²) in [7, 11) is -3.40. The van der Waals surface area contributed by atoms with Crippen LogP contribution < -0.4 is 10.6 Å². The molecule has 1 amide bonds. The molecule has 1 atom stereocenters. The Hall–Kier alpha value is -1.15. The van der Waals surface area contributed by atoms with Gasteiger partial charge in [-0.2, -0.15) is 4.31 Å². The fourth-order valence-electron chi connectivity index (χ4n) is 3.54. The van der Waals surface area contributed by atoms with E-state index in [0.717, 1.165) is 38.6 Å². The number of hydrogen-bond donors (Lipinski definition) is 2. The highest BCUT2D eigenvalue weighted by molar-refractivity contribution is 7.89. The molecule has 2 aliphatic rings. The van der Waals surface area contributed by atoms with Crippen molar-refractivity contribution in [3.05, 3.63) is 30.3 Å². The Balaban J connectivity index is 0.00000243. The topological polar surface area (TPSA) is 78.5 Å². The average Bonchev–Trinajstić information content (AvgIpc) is 2.68. The van der Waals surface area contributed by atoms with Crippen LogP contribution >= 0.6 is 12.4 Å². The maximum absolute atomic E-state index is 12.6. The molecule has 0 aromatic heterocycles. The predicted molar refractivity (Wildman–Crippen MR) is 104 cm³/mol. The second-order valence-corrected chi connectivity index (χ2v) is 8.85. The number of carbonyl (C=O) groups excluding carboxylic acids is 1. The summed E-state index contributed by atoms with van der Waals surface area (Å²) < 4.78 is 26.8. The van der Waals surface area contributed by atoms with Gasteiger partial charge < -0.3 is 10.6 Å². The summed E-state index contributed by atoms with van der Waals surface area (Å²) in [6.45, 7) is 2.57. The number of benzene rings is 1. The molecule has 1 unspecified atom stereocenters. The van der Waals surface area contributed by atoms with E-state index in [1.54, 1.807) is 28.6 Å². The van der Waals surface area contributed by atoms with Crippen molar-refractivity contribution >= 4 is 28.3 Å². The lowest BCUT2D eigenvalue weighted by Gasteiger charge is -2.31. The molecule has 2 fully saturated rings. The van der Waals surface area contributed by atoms with E-state index in [9.17, 15) is 13.2 Å². The molecule has 2 aliphatic heterocycles. The first kappa shape index (κ1) is 21.2. The van der Waals surface area contributed by atoms with Gasteiger partial charge in [0.1, 0.15) is 0 Å². The number of carbonyl (C=O) groups is 1. The SMILES string of the molecule is Cl.O=C(NCC1CCN(S(=O)(=O)c2ccccc2)CC1)C1CCCCN1. The van der Waals surface area contributed by atoms with Crippen molar-refractivity contribution in [1.29, 1.82) is 0 Å². The van der Waals surface area contributed by atoms with Gasteiger partial charge in [0.05, 0.1) is 10.9 Å². The number of amides is 1. The Morgan fingerprint density at radius 2 is 1.81 bits per heavy atom. The quantitative estimate of drug-likeness (QED) is 0.788. The van der Waals surface area contributed by atoms with Crippen molar-refractivity contribution in [2.45, 2.75) is 43.0 Å². The van der Waals surface area contributed by atoms with E-state index in [1.165, 1.54) is 0 Å². The van der Waals surface area contributed by atoms with E-state index in [4.69, 9.17) is 0 Å². The fraction of sp³-hybridized carbons (Fsp3) is 0.611. The van der Waals surface area contributed by atoms with Gasteiger partial charge in [0, 0.05) is 19.6 Å². The zero-order valence-corrected chi connectivity index (χ0v) is 16.5. The molecule has 6 nitrogen and oxygen atoms in total. The summed E-state index contributed by atoms with van der Waals surface area (Å²) in [4.78, 5) is 12.5. The van der Waals surface area contributed by atoms with Crippen LogP contribution in [-0.2, 0) is 14.8 Å². The van der Waals surface area contributed by atoms with Crippen LogP contribution in [0.4, 0.5) is 0 Å². The number of sulfonamides is 1. The molecule has 0 spiro atoms. The smallest absolute Gasteiger partial charge is 0.243 e. The molecule has 0 saturated carbocycles. The van der Waals surface area contributed by atoms with E-state index in [-0.39, 0.29) is 24.4 Å². The van der Waals surface area contributed by atoms with Crippen molar-refractivity contribution in [2.75, 3.05) is 26.2 Å². The van der Waals surface area contributed by atoms with Gasteiger partial charge in [-0.25, -0.2) is 8.42 Å². The van der Waals surface area contributed by atoms with Gasteiger partial charge in [-0.1, -0.05) is 24.6 Å². The lowest BCUT2D eigenvalue weighted by atomic mass is 9.97. The molecule has 2 N–H and O–H groups in total. The number of halogens is 1. The van der Waals surface area contributed by atoms with Crippen LogP contribution in [0, 0.1) is 5.92 Å². The van der Waals surface area contributed by atoms with Crippen LogP contribution in [0.5, 0.6) is 0 Å². The van der Waals surface area contributed by atoms with Gasteiger partial charge in [0.2, 0.25) is 15.9 Å². The molecular weight excluding hydrogens is 374 g/mol. The normalized spacial score (nSPS) is 22.4. The second-order valence-electron chi connectivity index (χ2n) is 6.91. The highest BCUT2D eigenvalue weighted by atomic mass is 35.5. The highest BCUT2D eigenvalue weighted by Gasteiger charge is 2.29. The molecule has 0 radical (unpaired) electrons. The lowest BCUT2D eigenvalue weighted by molar-refractivity contribution is -0.123. The highest BCUT2D eigenvalue weighted by Crippen LogP contribution is 2.23. The Morgan fingerprint density at radius 3 is 2.42 bits per heavy atom. The first-order chi connectivity index (χ1) is 12.1. The molecule has 146 valence electrons. The average molecular weight is 402 g/mol. The summed E-state index contributed by atoms with van der Waals surface area (Å²) in [6, 6.07) is 8.52. The second kappa shape index (κ2) is 9.69. The van der Waals surface area contributed by atoms with Gasteiger partial charge in [-0.3, -0.25) is 4.79 Å². The Kier molecular flexibility index (Phi) is 7.88. The molecule has 8 heteroatoms. The third-order valence-corrected chi connectivity index (χ3v) is 7.06. The molecule has 1 aromatic carbocycles. The minimum absolute atomic E-state index is 0. The Morgan fingerprint density at radius 1 is 1.12 bits per heavy atom. The first-order valence-corrected chi connectivity index (χ1v) is 10.6.